The molecule has 3 nitrogen and oxygen atoms in total. The SMILES string of the molecule is COCc1cc(Cl)cc(OC)c1CN. The number of rotatable bonds is 4. The van der Waals surface area contributed by atoms with Crippen LogP contribution in [-0.4, -0.2) is 14.2 Å². The zero-order valence-corrected chi connectivity index (χ0v) is 9.10. The van der Waals surface area contributed by atoms with Gasteiger partial charge in [0, 0.05) is 24.2 Å². The fraction of sp³-hybridized carbons (Fsp3) is 0.400. The van der Waals surface area contributed by atoms with Gasteiger partial charge in [0.2, 0.25) is 0 Å². The summed E-state index contributed by atoms with van der Waals surface area (Å²) < 4.78 is 10.2. The van der Waals surface area contributed by atoms with Gasteiger partial charge >= 0.3 is 0 Å². The van der Waals surface area contributed by atoms with Crippen molar-refractivity contribution in [2.45, 2.75) is 13.2 Å². The average Bonchev–Trinajstić information content (AvgIpc) is 2.17. The number of halogens is 1. The number of hydrogen-bond acceptors (Lipinski definition) is 3. The normalized spacial score (nSPS) is 10.3. The summed E-state index contributed by atoms with van der Waals surface area (Å²) in [6.07, 6.45) is 0. The maximum atomic E-state index is 5.92. The minimum absolute atomic E-state index is 0.416. The van der Waals surface area contributed by atoms with Crippen molar-refractivity contribution < 1.29 is 9.47 Å². The summed E-state index contributed by atoms with van der Waals surface area (Å²) in [5.41, 5.74) is 7.54. The van der Waals surface area contributed by atoms with Crippen molar-refractivity contribution in [3.63, 3.8) is 0 Å². The predicted octanol–water partition coefficient (Wildman–Crippen LogP) is 1.95. The van der Waals surface area contributed by atoms with E-state index in [-0.39, 0.29) is 0 Å². The van der Waals surface area contributed by atoms with Gasteiger partial charge in [0.25, 0.3) is 0 Å². The van der Waals surface area contributed by atoms with Crippen molar-refractivity contribution in [2.24, 2.45) is 5.73 Å². The summed E-state index contributed by atoms with van der Waals surface area (Å²) in [6, 6.07) is 3.60. The second-order valence-corrected chi connectivity index (χ2v) is 3.32. The Balaban J connectivity index is 3.17. The fourth-order valence-corrected chi connectivity index (χ4v) is 1.59. The molecule has 0 aliphatic rings. The van der Waals surface area contributed by atoms with Crippen molar-refractivity contribution in [1.82, 2.24) is 0 Å². The maximum Gasteiger partial charge on any atom is 0.125 e. The van der Waals surface area contributed by atoms with E-state index in [9.17, 15) is 0 Å². The van der Waals surface area contributed by atoms with E-state index in [1.54, 1.807) is 20.3 Å². The molecule has 0 fully saturated rings. The number of benzene rings is 1. The Labute approximate surface area is 88.8 Å². The Bertz CT molecular complexity index is 315. The van der Waals surface area contributed by atoms with Crippen molar-refractivity contribution in [3.8, 4) is 5.75 Å². The Morgan fingerprint density at radius 3 is 2.57 bits per heavy atom. The molecule has 0 aliphatic carbocycles. The van der Waals surface area contributed by atoms with Crippen molar-refractivity contribution in [1.29, 1.82) is 0 Å². The molecule has 0 amide bonds. The lowest BCUT2D eigenvalue weighted by Crippen LogP contribution is -2.05. The zero-order valence-electron chi connectivity index (χ0n) is 8.34. The summed E-state index contributed by atoms with van der Waals surface area (Å²) in [7, 11) is 3.23. The lowest BCUT2D eigenvalue weighted by atomic mass is 10.1. The van der Waals surface area contributed by atoms with Crippen LogP contribution in [-0.2, 0) is 17.9 Å². The summed E-state index contributed by atoms with van der Waals surface area (Å²) in [6.45, 7) is 0.905. The van der Waals surface area contributed by atoms with Crippen LogP contribution < -0.4 is 10.5 Å². The van der Waals surface area contributed by atoms with E-state index in [4.69, 9.17) is 26.8 Å². The first-order valence-corrected chi connectivity index (χ1v) is 4.65. The largest absolute Gasteiger partial charge is 0.496 e. The highest BCUT2D eigenvalue weighted by atomic mass is 35.5. The third-order valence-electron chi connectivity index (χ3n) is 1.99. The standard InChI is InChI=1S/C10H14ClNO2/c1-13-6-7-3-8(11)4-10(14-2)9(7)5-12/h3-4H,5-6,12H2,1-2H3. The molecule has 0 heterocycles. The van der Waals surface area contributed by atoms with Crippen LogP contribution in [0.3, 0.4) is 0 Å². The Morgan fingerprint density at radius 2 is 2.07 bits per heavy atom. The van der Waals surface area contributed by atoms with Crippen LogP contribution in [0.25, 0.3) is 0 Å². The van der Waals surface area contributed by atoms with Gasteiger partial charge in [-0.2, -0.15) is 0 Å². The van der Waals surface area contributed by atoms with E-state index in [0.29, 0.717) is 23.9 Å². The molecule has 78 valence electrons. The molecule has 0 saturated carbocycles. The molecule has 0 aromatic heterocycles. The molecule has 1 rings (SSSR count). The Kier molecular flexibility index (Phi) is 4.20. The first kappa shape index (κ1) is 11.3. The van der Waals surface area contributed by atoms with Crippen molar-refractivity contribution in [2.75, 3.05) is 14.2 Å². The average molecular weight is 216 g/mol. The van der Waals surface area contributed by atoms with Gasteiger partial charge in [0.15, 0.2) is 0 Å². The summed E-state index contributed by atoms with van der Waals surface area (Å²) >= 11 is 5.92. The highest BCUT2D eigenvalue weighted by Gasteiger charge is 2.09. The molecule has 1 aromatic carbocycles. The van der Waals surface area contributed by atoms with Crippen LogP contribution >= 0.6 is 11.6 Å². The molecule has 0 saturated heterocycles. The van der Waals surface area contributed by atoms with Gasteiger partial charge in [-0.05, 0) is 17.7 Å². The van der Waals surface area contributed by atoms with Gasteiger partial charge in [-0.15, -0.1) is 0 Å². The van der Waals surface area contributed by atoms with E-state index in [2.05, 4.69) is 0 Å². The third-order valence-corrected chi connectivity index (χ3v) is 2.21. The fourth-order valence-electron chi connectivity index (χ4n) is 1.36. The van der Waals surface area contributed by atoms with Gasteiger partial charge in [-0.3, -0.25) is 0 Å². The van der Waals surface area contributed by atoms with E-state index >= 15 is 0 Å². The van der Waals surface area contributed by atoms with Crippen LogP contribution in [0.2, 0.25) is 5.02 Å². The molecular formula is C10H14ClNO2. The van der Waals surface area contributed by atoms with Crippen LogP contribution in [0.5, 0.6) is 5.75 Å². The van der Waals surface area contributed by atoms with Crippen LogP contribution in [0.4, 0.5) is 0 Å². The first-order chi connectivity index (χ1) is 6.72. The van der Waals surface area contributed by atoms with Gasteiger partial charge in [-0.25, -0.2) is 0 Å². The first-order valence-electron chi connectivity index (χ1n) is 4.27. The minimum Gasteiger partial charge on any atom is -0.496 e. The quantitative estimate of drug-likeness (QED) is 0.835. The molecule has 1 aromatic rings. The second kappa shape index (κ2) is 5.20. The van der Waals surface area contributed by atoms with Crippen LogP contribution in [0.15, 0.2) is 12.1 Å². The highest BCUT2D eigenvalue weighted by molar-refractivity contribution is 6.30. The molecule has 14 heavy (non-hydrogen) atoms. The third kappa shape index (κ3) is 2.38. The molecule has 0 aliphatic heterocycles. The molecular weight excluding hydrogens is 202 g/mol. The van der Waals surface area contributed by atoms with Crippen LogP contribution in [0.1, 0.15) is 11.1 Å². The number of ether oxygens (including phenoxy) is 2. The molecule has 0 spiro atoms. The molecule has 2 N–H and O–H groups in total. The van der Waals surface area contributed by atoms with E-state index in [1.165, 1.54) is 0 Å². The van der Waals surface area contributed by atoms with Gasteiger partial charge < -0.3 is 15.2 Å². The lowest BCUT2D eigenvalue weighted by molar-refractivity contribution is 0.183. The summed E-state index contributed by atoms with van der Waals surface area (Å²) in [5, 5.41) is 0.631. The van der Waals surface area contributed by atoms with Crippen molar-refractivity contribution >= 4 is 11.6 Å². The minimum atomic E-state index is 0.416. The zero-order chi connectivity index (χ0) is 10.6. The second-order valence-electron chi connectivity index (χ2n) is 2.88. The Hall–Kier alpha value is -0.770. The monoisotopic (exact) mass is 215 g/mol. The van der Waals surface area contributed by atoms with E-state index < -0.39 is 0 Å². The van der Waals surface area contributed by atoms with E-state index in [1.807, 2.05) is 6.07 Å². The summed E-state index contributed by atoms with van der Waals surface area (Å²) in [5.74, 6) is 0.715. The number of hydrogen-bond donors (Lipinski definition) is 1. The smallest absolute Gasteiger partial charge is 0.125 e. The molecule has 0 bridgehead atoms. The highest BCUT2D eigenvalue weighted by Crippen LogP contribution is 2.27. The topological polar surface area (TPSA) is 44.5 Å². The molecule has 0 atom stereocenters. The molecule has 0 radical (unpaired) electrons. The van der Waals surface area contributed by atoms with Gasteiger partial charge in [0.1, 0.15) is 5.75 Å². The molecule has 4 heteroatoms. The summed E-state index contributed by atoms with van der Waals surface area (Å²) in [4.78, 5) is 0. The lowest BCUT2D eigenvalue weighted by Gasteiger charge is -2.12. The Morgan fingerprint density at radius 1 is 1.36 bits per heavy atom. The molecule has 0 unspecified atom stereocenters. The van der Waals surface area contributed by atoms with Gasteiger partial charge in [-0.1, -0.05) is 11.6 Å². The van der Waals surface area contributed by atoms with Crippen molar-refractivity contribution in [3.05, 3.63) is 28.3 Å². The number of nitrogens with two attached hydrogens (primary N) is 1. The van der Waals surface area contributed by atoms with E-state index in [0.717, 1.165) is 11.1 Å². The van der Waals surface area contributed by atoms with Crippen LogP contribution in [0, 0.1) is 0 Å². The van der Waals surface area contributed by atoms with Gasteiger partial charge in [0.05, 0.1) is 13.7 Å². The number of methoxy groups -OCH3 is 2. The maximum absolute atomic E-state index is 5.92. The predicted molar refractivity (Wildman–Crippen MR) is 56.6 cm³/mol.